The Morgan fingerprint density at radius 1 is 1.24 bits per heavy atom. The van der Waals surface area contributed by atoms with Gasteiger partial charge < -0.3 is 10.1 Å². The number of nitrogens with one attached hydrogen (secondary N) is 1. The number of aromatic nitrogens is 2. The van der Waals surface area contributed by atoms with Crippen molar-refractivity contribution >= 4 is 0 Å². The lowest BCUT2D eigenvalue weighted by molar-refractivity contribution is 0.407. The molecule has 0 aliphatic carbocycles. The average Bonchev–Trinajstić information content (AvgIpc) is 2.79. The molecule has 114 valence electrons. The summed E-state index contributed by atoms with van der Waals surface area (Å²) in [7, 11) is 1.71. The second-order valence-corrected chi connectivity index (χ2v) is 5.43. The second kappa shape index (κ2) is 7.27. The van der Waals surface area contributed by atoms with Crippen molar-refractivity contribution in [2.45, 2.75) is 40.3 Å². The van der Waals surface area contributed by atoms with Crippen molar-refractivity contribution in [1.29, 1.82) is 0 Å². The summed E-state index contributed by atoms with van der Waals surface area (Å²) in [6, 6.07) is 6.24. The molecule has 0 bridgehead atoms. The molecule has 4 heteroatoms. The van der Waals surface area contributed by atoms with E-state index in [2.05, 4.69) is 49.5 Å². The molecule has 2 aromatic rings. The molecule has 0 radical (unpaired) electrons. The predicted octanol–water partition coefficient (Wildman–Crippen LogP) is 3.06. The van der Waals surface area contributed by atoms with Crippen LogP contribution in [0.1, 0.15) is 35.7 Å². The fraction of sp³-hybridized carbons (Fsp3) is 0.471. The summed E-state index contributed by atoms with van der Waals surface area (Å²) >= 11 is 0. The first-order chi connectivity index (χ1) is 10.1. The second-order valence-electron chi connectivity index (χ2n) is 5.43. The summed E-state index contributed by atoms with van der Waals surface area (Å²) in [6.07, 6.45) is 3.27. The number of benzene rings is 1. The molecule has 0 aliphatic rings. The van der Waals surface area contributed by atoms with Crippen molar-refractivity contribution in [3.8, 4) is 5.75 Å². The predicted molar refractivity (Wildman–Crippen MR) is 85.8 cm³/mol. The SMILES string of the molecule is CCCNCc1cn(Cc2cc(C)ccc2OC)nc1C. The first kappa shape index (κ1) is 15.6. The Kier molecular flexibility index (Phi) is 5.39. The number of hydrogen-bond acceptors (Lipinski definition) is 3. The van der Waals surface area contributed by atoms with Crippen LogP contribution in [-0.2, 0) is 13.1 Å². The van der Waals surface area contributed by atoms with Gasteiger partial charge in [-0.05, 0) is 32.9 Å². The van der Waals surface area contributed by atoms with E-state index in [-0.39, 0.29) is 0 Å². The molecule has 1 aromatic carbocycles. The molecule has 0 saturated carbocycles. The minimum atomic E-state index is 0.736. The molecule has 1 heterocycles. The molecule has 0 spiro atoms. The Hall–Kier alpha value is -1.81. The maximum Gasteiger partial charge on any atom is 0.123 e. The van der Waals surface area contributed by atoms with E-state index in [0.717, 1.165) is 43.1 Å². The normalized spacial score (nSPS) is 10.9. The van der Waals surface area contributed by atoms with Crippen LogP contribution in [0.15, 0.2) is 24.4 Å². The molecule has 0 unspecified atom stereocenters. The third kappa shape index (κ3) is 4.08. The molecule has 21 heavy (non-hydrogen) atoms. The van der Waals surface area contributed by atoms with Gasteiger partial charge in [0.15, 0.2) is 0 Å². The number of aryl methyl sites for hydroxylation is 2. The number of ether oxygens (including phenoxy) is 1. The topological polar surface area (TPSA) is 39.1 Å². The van der Waals surface area contributed by atoms with Crippen LogP contribution in [0.4, 0.5) is 0 Å². The smallest absolute Gasteiger partial charge is 0.123 e. The van der Waals surface area contributed by atoms with Gasteiger partial charge in [-0.25, -0.2) is 0 Å². The molecule has 0 amide bonds. The third-order valence-electron chi connectivity index (χ3n) is 3.56. The fourth-order valence-corrected chi connectivity index (χ4v) is 2.42. The van der Waals surface area contributed by atoms with Gasteiger partial charge >= 0.3 is 0 Å². The molecular formula is C17H25N3O. The van der Waals surface area contributed by atoms with E-state index in [4.69, 9.17) is 4.74 Å². The quantitative estimate of drug-likeness (QED) is 0.796. The monoisotopic (exact) mass is 287 g/mol. The van der Waals surface area contributed by atoms with E-state index in [1.54, 1.807) is 7.11 Å². The van der Waals surface area contributed by atoms with Crippen LogP contribution in [0.2, 0.25) is 0 Å². The van der Waals surface area contributed by atoms with Crippen LogP contribution in [-0.4, -0.2) is 23.4 Å². The third-order valence-corrected chi connectivity index (χ3v) is 3.56. The average molecular weight is 287 g/mol. The van der Waals surface area contributed by atoms with Crippen LogP contribution in [0.25, 0.3) is 0 Å². The van der Waals surface area contributed by atoms with Crippen LogP contribution in [0, 0.1) is 13.8 Å². The Balaban J connectivity index is 2.13. The van der Waals surface area contributed by atoms with Crippen LogP contribution >= 0.6 is 0 Å². The van der Waals surface area contributed by atoms with Gasteiger partial charge in [-0.1, -0.05) is 24.6 Å². The van der Waals surface area contributed by atoms with Crippen molar-refractivity contribution in [3.63, 3.8) is 0 Å². The van der Waals surface area contributed by atoms with Crippen molar-refractivity contribution in [2.24, 2.45) is 0 Å². The summed E-state index contributed by atoms with van der Waals surface area (Å²) in [5.74, 6) is 0.916. The lowest BCUT2D eigenvalue weighted by atomic mass is 10.1. The zero-order chi connectivity index (χ0) is 15.2. The summed E-state index contributed by atoms with van der Waals surface area (Å²) < 4.78 is 7.43. The van der Waals surface area contributed by atoms with E-state index in [0.29, 0.717) is 0 Å². The molecule has 1 aromatic heterocycles. The lowest BCUT2D eigenvalue weighted by Gasteiger charge is -2.09. The van der Waals surface area contributed by atoms with Gasteiger partial charge in [0.1, 0.15) is 5.75 Å². The standard InChI is InChI=1S/C17H25N3O/c1-5-8-18-10-16-12-20(19-14(16)3)11-15-9-13(2)6-7-17(15)21-4/h6-7,9,12,18H,5,8,10-11H2,1-4H3. The van der Waals surface area contributed by atoms with Gasteiger partial charge in [0.25, 0.3) is 0 Å². The highest BCUT2D eigenvalue weighted by Gasteiger charge is 2.08. The minimum absolute atomic E-state index is 0.736. The zero-order valence-corrected chi connectivity index (χ0v) is 13.4. The molecule has 1 N–H and O–H groups in total. The number of methoxy groups -OCH3 is 1. The fourth-order valence-electron chi connectivity index (χ4n) is 2.42. The molecule has 4 nitrogen and oxygen atoms in total. The maximum atomic E-state index is 5.44. The highest BCUT2D eigenvalue weighted by atomic mass is 16.5. The van der Waals surface area contributed by atoms with Gasteiger partial charge in [-0.2, -0.15) is 5.10 Å². The molecule has 0 aliphatic heterocycles. The van der Waals surface area contributed by atoms with E-state index in [1.165, 1.54) is 11.1 Å². The molecule has 0 fully saturated rings. The summed E-state index contributed by atoms with van der Waals surface area (Å²) in [5, 5.41) is 8.03. The Labute approximate surface area is 127 Å². The van der Waals surface area contributed by atoms with Gasteiger partial charge in [0.2, 0.25) is 0 Å². The lowest BCUT2D eigenvalue weighted by Crippen LogP contribution is -2.13. The van der Waals surface area contributed by atoms with Crippen LogP contribution in [0.5, 0.6) is 5.75 Å². The van der Waals surface area contributed by atoms with E-state index < -0.39 is 0 Å². The summed E-state index contributed by atoms with van der Waals surface area (Å²) in [6.45, 7) is 8.98. The minimum Gasteiger partial charge on any atom is -0.496 e. The number of nitrogens with zero attached hydrogens (tertiary/aromatic N) is 2. The van der Waals surface area contributed by atoms with Gasteiger partial charge in [-0.15, -0.1) is 0 Å². The first-order valence-corrected chi connectivity index (χ1v) is 7.51. The zero-order valence-electron chi connectivity index (χ0n) is 13.4. The van der Waals surface area contributed by atoms with Crippen LogP contribution < -0.4 is 10.1 Å². The van der Waals surface area contributed by atoms with Crippen molar-refractivity contribution in [3.05, 3.63) is 46.8 Å². The Morgan fingerprint density at radius 2 is 2.05 bits per heavy atom. The first-order valence-electron chi connectivity index (χ1n) is 7.51. The van der Waals surface area contributed by atoms with Gasteiger partial charge in [-0.3, -0.25) is 4.68 Å². The maximum absolute atomic E-state index is 5.44. The van der Waals surface area contributed by atoms with E-state index in [9.17, 15) is 0 Å². The van der Waals surface area contributed by atoms with E-state index >= 15 is 0 Å². The molecule has 0 saturated heterocycles. The molecular weight excluding hydrogens is 262 g/mol. The largest absolute Gasteiger partial charge is 0.496 e. The van der Waals surface area contributed by atoms with Gasteiger partial charge in [0.05, 0.1) is 19.3 Å². The Bertz CT molecular complexity index is 590. The summed E-state index contributed by atoms with van der Waals surface area (Å²) in [4.78, 5) is 0. The molecule has 2 rings (SSSR count). The van der Waals surface area contributed by atoms with Gasteiger partial charge in [0, 0.05) is 23.9 Å². The number of hydrogen-bond donors (Lipinski definition) is 1. The highest BCUT2D eigenvalue weighted by Crippen LogP contribution is 2.21. The summed E-state index contributed by atoms with van der Waals surface area (Å²) in [5.41, 5.74) is 4.74. The van der Waals surface area contributed by atoms with Crippen molar-refractivity contribution in [2.75, 3.05) is 13.7 Å². The highest BCUT2D eigenvalue weighted by molar-refractivity contribution is 5.37. The number of rotatable bonds is 7. The van der Waals surface area contributed by atoms with Crippen molar-refractivity contribution in [1.82, 2.24) is 15.1 Å². The Morgan fingerprint density at radius 3 is 2.76 bits per heavy atom. The van der Waals surface area contributed by atoms with Crippen LogP contribution in [0.3, 0.4) is 0 Å². The molecule has 0 atom stereocenters. The van der Waals surface area contributed by atoms with Crippen molar-refractivity contribution < 1.29 is 4.74 Å². The van der Waals surface area contributed by atoms with E-state index in [1.807, 2.05) is 10.7 Å².